The summed E-state index contributed by atoms with van der Waals surface area (Å²) in [7, 11) is 1.43. The van der Waals surface area contributed by atoms with Gasteiger partial charge in [0.05, 0.1) is 19.2 Å². The van der Waals surface area contributed by atoms with E-state index in [1.807, 2.05) is 5.32 Å². The quantitative estimate of drug-likeness (QED) is 0.835. The van der Waals surface area contributed by atoms with Gasteiger partial charge < -0.3 is 20.7 Å². The van der Waals surface area contributed by atoms with Crippen LogP contribution < -0.4 is 11.1 Å². The third kappa shape index (κ3) is 3.38. The van der Waals surface area contributed by atoms with Crippen molar-refractivity contribution in [3.05, 3.63) is 29.8 Å². The predicted octanol–water partition coefficient (Wildman–Crippen LogP) is 1.91. The van der Waals surface area contributed by atoms with Crippen LogP contribution in [0.25, 0.3) is 0 Å². The SMILES string of the molecule is COCC(c1ccc(N)cc1)N1C[C@@H](C(F)(F)F)NC1=O. The Labute approximate surface area is 119 Å². The highest BCUT2D eigenvalue weighted by Gasteiger charge is 2.48. The van der Waals surface area contributed by atoms with Gasteiger partial charge in [-0.25, -0.2) is 4.79 Å². The summed E-state index contributed by atoms with van der Waals surface area (Å²) < 4.78 is 43.2. The third-order valence-electron chi connectivity index (χ3n) is 3.35. The fraction of sp³-hybridized carbons (Fsp3) is 0.462. The van der Waals surface area contributed by atoms with Crippen molar-refractivity contribution in [2.45, 2.75) is 18.3 Å². The Bertz CT molecular complexity index is 504. The number of hydrogen-bond donors (Lipinski definition) is 2. The maximum absolute atomic E-state index is 12.7. The van der Waals surface area contributed by atoms with Crippen molar-refractivity contribution in [1.29, 1.82) is 0 Å². The van der Waals surface area contributed by atoms with Crippen LogP contribution in [-0.2, 0) is 4.74 Å². The zero-order valence-electron chi connectivity index (χ0n) is 11.4. The number of carbonyl (C=O) groups excluding carboxylic acids is 1. The molecule has 1 aromatic rings. The first-order chi connectivity index (χ1) is 9.82. The monoisotopic (exact) mass is 303 g/mol. The molecule has 116 valence electrons. The maximum Gasteiger partial charge on any atom is 0.410 e. The number of nitrogens with zero attached hydrogens (tertiary/aromatic N) is 1. The molecular formula is C13H16F3N3O2. The molecule has 1 fully saturated rings. The van der Waals surface area contributed by atoms with E-state index in [0.717, 1.165) is 4.90 Å². The second kappa shape index (κ2) is 5.80. The van der Waals surface area contributed by atoms with E-state index in [2.05, 4.69) is 0 Å². The van der Waals surface area contributed by atoms with E-state index in [-0.39, 0.29) is 6.61 Å². The fourth-order valence-corrected chi connectivity index (χ4v) is 2.25. The normalized spacial score (nSPS) is 20.5. The number of benzene rings is 1. The topological polar surface area (TPSA) is 67.6 Å². The van der Waals surface area contributed by atoms with Gasteiger partial charge in [-0.1, -0.05) is 12.1 Å². The third-order valence-corrected chi connectivity index (χ3v) is 3.35. The summed E-state index contributed by atoms with van der Waals surface area (Å²) in [5, 5.41) is 1.95. The van der Waals surface area contributed by atoms with Crippen molar-refractivity contribution in [2.75, 3.05) is 26.0 Å². The molecule has 3 N–H and O–H groups in total. The van der Waals surface area contributed by atoms with E-state index < -0.39 is 30.8 Å². The van der Waals surface area contributed by atoms with Crippen molar-refractivity contribution in [3.63, 3.8) is 0 Å². The van der Waals surface area contributed by atoms with E-state index in [0.29, 0.717) is 11.3 Å². The van der Waals surface area contributed by atoms with Gasteiger partial charge in [0.1, 0.15) is 6.04 Å². The second-order valence-corrected chi connectivity index (χ2v) is 4.83. The lowest BCUT2D eigenvalue weighted by Gasteiger charge is -2.27. The molecule has 1 aliphatic rings. The van der Waals surface area contributed by atoms with Crippen molar-refractivity contribution in [1.82, 2.24) is 10.2 Å². The molecule has 2 atom stereocenters. The molecule has 8 heteroatoms. The number of nitrogens with two attached hydrogens (primary N) is 1. The van der Waals surface area contributed by atoms with Gasteiger partial charge in [0, 0.05) is 12.8 Å². The number of nitrogen functional groups attached to an aromatic ring is 1. The number of hydrogen-bond acceptors (Lipinski definition) is 3. The van der Waals surface area contributed by atoms with Crippen LogP contribution in [0.1, 0.15) is 11.6 Å². The van der Waals surface area contributed by atoms with Crippen molar-refractivity contribution >= 4 is 11.7 Å². The summed E-state index contributed by atoms with van der Waals surface area (Å²) >= 11 is 0. The minimum absolute atomic E-state index is 0.0991. The van der Waals surface area contributed by atoms with Crippen LogP contribution in [0, 0.1) is 0 Å². The van der Waals surface area contributed by atoms with Crippen LogP contribution >= 0.6 is 0 Å². The average molecular weight is 303 g/mol. The number of methoxy groups -OCH3 is 1. The van der Waals surface area contributed by atoms with E-state index in [1.165, 1.54) is 7.11 Å². The summed E-state index contributed by atoms with van der Waals surface area (Å²) in [4.78, 5) is 13.0. The van der Waals surface area contributed by atoms with E-state index >= 15 is 0 Å². The largest absolute Gasteiger partial charge is 0.410 e. The molecule has 2 rings (SSSR count). The molecule has 1 unspecified atom stereocenters. The highest BCUT2D eigenvalue weighted by Crippen LogP contribution is 2.30. The van der Waals surface area contributed by atoms with Gasteiger partial charge in [-0.15, -0.1) is 0 Å². The Hall–Kier alpha value is -1.96. The van der Waals surface area contributed by atoms with Crippen LogP contribution in [0.3, 0.4) is 0 Å². The van der Waals surface area contributed by atoms with Crippen LogP contribution in [0.5, 0.6) is 0 Å². The Balaban J connectivity index is 2.22. The minimum atomic E-state index is -4.47. The molecule has 0 radical (unpaired) electrons. The van der Waals surface area contributed by atoms with E-state index in [1.54, 1.807) is 24.3 Å². The number of alkyl halides is 3. The zero-order chi connectivity index (χ0) is 15.6. The van der Waals surface area contributed by atoms with Gasteiger partial charge in [-0.05, 0) is 17.7 Å². The maximum atomic E-state index is 12.7. The predicted molar refractivity (Wildman–Crippen MR) is 70.6 cm³/mol. The molecule has 0 aromatic heterocycles. The van der Waals surface area contributed by atoms with Gasteiger partial charge in [-0.2, -0.15) is 13.2 Å². The molecule has 1 heterocycles. The van der Waals surface area contributed by atoms with Gasteiger partial charge in [0.2, 0.25) is 0 Å². The molecule has 1 aliphatic heterocycles. The summed E-state index contributed by atoms with van der Waals surface area (Å²) in [6.07, 6.45) is -4.47. The second-order valence-electron chi connectivity index (χ2n) is 4.83. The number of urea groups is 1. The van der Waals surface area contributed by atoms with Crippen molar-refractivity contribution < 1.29 is 22.7 Å². The molecular weight excluding hydrogens is 287 g/mol. The molecule has 5 nitrogen and oxygen atoms in total. The lowest BCUT2D eigenvalue weighted by Crippen LogP contribution is -2.40. The Morgan fingerprint density at radius 1 is 1.43 bits per heavy atom. The number of anilines is 1. The van der Waals surface area contributed by atoms with Gasteiger partial charge >= 0.3 is 12.2 Å². The molecule has 0 bridgehead atoms. The molecule has 0 spiro atoms. The first-order valence-electron chi connectivity index (χ1n) is 6.31. The minimum Gasteiger partial charge on any atom is -0.399 e. The molecule has 1 saturated heterocycles. The number of ether oxygens (including phenoxy) is 1. The molecule has 21 heavy (non-hydrogen) atoms. The number of amides is 2. The van der Waals surface area contributed by atoms with Crippen molar-refractivity contribution in [2.24, 2.45) is 0 Å². The van der Waals surface area contributed by atoms with Crippen molar-refractivity contribution in [3.8, 4) is 0 Å². The van der Waals surface area contributed by atoms with E-state index in [4.69, 9.17) is 10.5 Å². The first-order valence-corrected chi connectivity index (χ1v) is 6.31. The molecule has 0 saturated carbocycles. The standard InChI is InChI=1S/C13H16F3N3O2/c1-21-7-10(8-2-4-9(17)5-3-8)19-6-11(13(14,15)16)18-12(19)20/h2-5,10-11H,6-7,17H2,1H3,(H,18,20)/t10?,11-/m0/s1. The van der Waals surface area contributed by atoms with Gasteiger partial charge in [0.15, 0.2) is 0 Å². The number of carbonyl (C=O) groups is 1. The zero-order valence-corrected chi connectivity index (χ0v) is 11.4. The number of halogens is 3. The number of rotatable bonds is 4. The highest BCUT2D eigenvalue weighted by molar-refractivity contribution is 5.77. The number of nitrogens with one attached hydrogen (secondary N) is 1. The summed E-state index contributed by atoms with van der Waals surface area (Å²) in [5.41, 5.74) is 6.79. The first kappa shape index (κ1) is 15.4. The lowest BCUT2D eigenvalue weighted by molar-refractivity contribution is -0.150. The van der Waals surface area contributed by atoms with Crippen LogP contribution in [0.15, 0.2) is 24.3 Å². The van der Waals surface area contributed by atoms with E-state index in [9.17, 15) is 18.0 Å². The summed E-state index contributed by atoms with van der Waals surface area (Å²) in [5.74, 6) is 0. The smallest absolute Gasteiger partial charge is 0.399 e. The average Bonchev–Trinajstić information content (AvgIpc) is 2.79. The lowest BCUT2D eigenvalue weighted by atomic mass is 10.1. The molecule has 1 aromatic carbocycles. The van der Waals surface area contributed by atoms with Crippen LogP contribution in [0.2, 0.25) is 0 Å². The Morgan fingerprint density at radius 3 is 2.52 bits per heavy atom. The summed E-state index contributed by atoms with van der Waals surface area (Å²) in [6.45, 7) is -0.345. The molecule has 2 amide bonds. The van der Waals surface area contributed by atoms with Gasteiger partial charge in [-0.3, -0.25) is 0 Å². The van der Waals surface area contributed by atoms with Crippen LogP contribution in [-0.4, -0.2) is 43.4 Å². The highest BCUT2D eigenvalue weighted by atomic mass is 19.4. The van der Waals surface area contributed by atoms with Gasteiger partial charge in [0.25, 0.3) is 0 Å². The fourth-order valence-electron chi connectivity index (χ4n) is 2.25. The summed E-state index contributed by atoms with van der Waals surface area (Å²) in [6, 6.07) is 3.40. The molecule has 0 aliphatic carbocycles. The Kier molecular flexibility index (Phi) is 4.26. The Morgan fingerprint density at radius 2 is 2.05 bits per heavy atom. The van der Waals surface area contributed by atoms with Crippen LogP contribution in [0.4, 0.5) is 23.7 Å².